The van der Waals surface area contributed by atoms with Crippen LogP contribution in [0.4, 0.5) is 17.3 Å². The summed E-state index contributed by atoms with van der Waals surface area (Å²) in [6, 6.07) is 8.68. The van der Waals surface area contributed by atoms with E-state index in [9.17, 15) is 9.90 Å². The molecule has 154 valence electrons. The van der Waals surface area contributed by atoms with Gasteiger partial charge in [0, 0.05) is 37.1 Å². The van der Waals surface area contributed by atoms with Gasteiger partial charge in [0.1, 0.15) is 5.75 Å². The van der Waals surface area contributed by atoms with Crippen molar-refractivity contribution in [3.8, 4) is 16.9 Å². The molecule has 0 atom stereocenters. The van der Waals surface area contributed by atoms with Gasteiger partial charge in [0.25, 0.3) is 0 Å². The van der Waals surface area contributed by atoms with Crippen LogP contribution in [0.5, 0.6) is 5.75 Å². The van der Waals surface area contributed by atoms with Crippen LogP contribution in [-0.4, -0.2) is 39.2 Å². The quantitative estimate of drug-likeness (QED) is 0.594. The number of pyridine rings is 1. The number of aryl methyl sites for hydroxylation is 1. The summed E-state index contributed by atoms with van der Waals surface area (Å²) < 4.78 is 5.32. The summed E-state index contributed by atoms with van der Waals surface area (Å²) in [4.78, 5) is 25.6. The number of benzene rings is 1. The number of carbonyl (C=O) groups is 1. The second kappa shape index (κ2) is 8.87. The van der Waals surface area contributed by atoms with Crippen molar-refractivity contribution in [2.24, 2.45) is 5.92 Å². The van der Waals surface area contributed by atoms with Gasteiger partial charge in [-0.3, -0.25) is 9.78 Å². The van der Waals surface area contributed by atoms with Crippen molar-refractivity contribution in [2.45, 2.75) is 19.8 Å². The lowest BCUT2D eigenvalue weighted by Gasteiger charge is -2.21. The van der Waals surface area contributed by atoms with Crippen LogP contribution < -0.4 is 10.6 Å². The van der Waals surface area contributed by atoms with E-state index in [0.717, 1.165) is 29.7 Å². The fourth-order valence-electron chi connectivity index (χ4n) is 3.25. The molecule has 0 spiro atoms. The standard InChI is InChI=1S/C22H23N5O3/c1-14-20(27-21(29)16-6-8-30-9-7-16)10-18(13-23-14)26-22-24-11-17(12-25-22)15-2-4-19(28)5-3-15/h2-5,10-13,16,28H,6-9H2,1H3,(H,27,29)(H,24,25,26). The van der Waals surface area contributed by atoms with E-state index in [1.54, 1.807) is 42.9 Å². The van der Waals surface area contributed by atoms with Crippen LogP contribution >= 0.6 is 0 Å². The van der Waals surface area contributed by atoms with Crippen molar-refractivity contribution < 1.29 is 14.6 Å². The molecule has 1 amide bonds. The molecule has 1 aromatic carbocycles. The van der Waals surface area contributed by atoms with Crippen molar-refractivity contribution in [1.82, 2.24) is 15.0 Å². The van der Waals surface area contributed by atoms with E-state index >= 15 is 0 Å². The number of nitrogens with zero attached hydrogens (tertiary/aromatic N) is 3. The third-order valence-corrected chi connectivity index (χ3v) is 5.05. The fourth-order valence-corrected chi connectivity index (χ4v) is 3.25. The lowest BCUT2D eigenvalue weighted by molar-refractivity contribution is -0.122. The minimum atomic E-state index is -0.0365. The number of aromatic hydroxyl groups is 1. The number of amides is 1. The molecule has 1 fully saturated rings. The Kier molecular flexibility index (Phi) is 5.85. The molecule has 3 N–H and O–H groups in total. The molecule has 4 rings (SSSR count). The Balaban J connectivity index is 1.45. The van der Waals surface area contributed by atoms with E-state index in [1.807, 2.05) is 13.0 Å². The second-order valence-corrected chi connectivity index (χ2v) is 7.20. The largest absolute Gasteiger partial charge is 0.508 e. The monoisotopic (exact) mass is 405 g/mol. The molecule has 30 heavy (non-hydrogen) atoms. The van der Waals surface area contributed by atoms with Gasteiger partial charge in [-0.2, -0.15) is 0 Å². The highest BCUT2D eigenvalue weighted by Crippen LogP contribution is 2.24. The smallest absolute Gasteiger partial charge is 0.227 e. The first-order valence-corrected chi connectivity index (χ1v) is 9.82. The van der Waals surface area contributed by atoms with Gasteiger partial charge in [0.05, 0.1) is 23.3 Å². The van der Waals surface area contributed by atoms with E-state index in [0.29, 0.717) is 30.5 Å². The molecule has 0 unspecified atom stereocenters. The molecular weight excluding hydrogens is 382 g/mol. The topological polar surface area (TPSA) is 109 Å². The molecule has 8 nitrogen and oxygen atoms in total. The van der Waals surface area contributed by atoms with Crippen LogP contribution in [0.2, 0.25) is 0 Å². The number of phenolic OH excluding ortho intramolecular Hbond substituents is 1. The number of ether oxygens (including phenoxy) is 1. The first-order valence-electron chi connectivity index (χ1n) is 9.82. The van der Waals surface area contributed by atoms with Gasteiger partial charge in [-0.25, -0.2) is 9.97 Å². The Labute approximate surface area is 174 Å². The number of phenols is 1. The molecule has 0 radical (unpaired) electrons. The van der Waals surface area contributed by atoms with Crippen molar-refractivity contribution in [1.29, 1.82) is 0 Å². The molecule has 8 heteroatoms. The van der Waals surface area contributed by atoms with Crippen LogP contribution in [0, 0.1) is 12.8 Å². The van der Waals surface area contributed by atoms with E-state index in [1.165, 1.54) is 0 Å². The number of anilines is 3. The maximum absolute atomic E-state index is 12.5. The Morgan fingerprint density at radius 1 is 1.03 bits per heavy atom. The number of rotatable bonds is 5. The van der Waals surface area contributed by atoms with Crippen LogP contribution in [-0.2, 0) is 9.53 Å². The van der Waals surface area contributed by atoms with E-state index < -0.39 is 0 Å². The third-order valence-electron chi connectivity index (χ3n) is 5.05. The Morgan fingerprint density at radius 3 is 2.43 bits per heavy atom. The summed E-state index contributed by atoms with van der Waals surface area (Å²) in [5.41, 5.74) is 3.84. The zero-order chi connectivity index (χ0) is 20.9. The summed E-state index contributed by atoms with van der Waals surface area (Å²) in [6.07, 6.45) is 6.56. The second-order valence-electron chi connectivity index (χ2n) is 7.20. The lowest BCUT2D eigenvalue weighted by atomic mass is 9.99. The zero-order valence-electron chi connectivity index (χ0n) is 16.6. The molecule has 1 aliphatic rings. The first kappa shape index (κ1) is 19.8. The summed E-state index contributed by atoms with van der Waals surface area (Å²) in [5, 5.41) is 15.5. The number of aromatic nitrogens is 3. The number of hydrogen-bond donors (Lipinski definition) is 3. The number of carbonyl (C=O) groups excluding carboxylic acids is 1. The van der Waals surface area contributed by atoms with Gasteiger partial charge in [-0.05, 0) is 43.5 Å². The minimum absolute atomic E-state index is 0.00477. The average molecular weight is 405 g/mol. The minimum Gasteiger partial charge on any atom is -0.508 e. The lowest BCUT2D eigenvalue weighted by Crippen LogP contribution is -2.28. The molecule has 0 bridgehead atoms. The molecule has 1 aliphatic heterocycles. The first-order chi connectivity index (χ1) is 14.6. The maximum atomic E-state index is 12.5. The van der Waals surface area contributed by atoms with E-state index in [4.69, 9.17) is 4.74 Å². The molecule has 0 aliphatic carbocycles. The highest BCUT2D eigenvalue weighted by Gasteiger charge is 2.22. The predicted octanol–water partition coefficient (Wildman–Crippen LogP) is 3.66. The number of nitrogens with one attached hydrogen (secondary N) is 2. The van der Waals surface area contributed by atoms with Crippen LogP contribution in [0.25, 0.3) is 11.1 Å². The van der Waals surface area contributed by atoms with Gasteiger partial charge >= 0.3 is 0 Å². The SMILES string of the molecule is Cc1ncc(Nc2ncc(-c3ccc(O)cc3)cn2)cc1NC(=O)C1CCOCC1. The van der Waals surface area contributed by atoms with E-state index in [2.05, 4.69) is 25.6 Å². The summed E-state index contributed by atoms with van der Waals surface area (Å²) in [7, 11) is 0. The van der Waals surface area contributed by atoms with E-state index in [-0.39, 0.29) is 17.6 Å². The Hall–Kier alpha value is -3.52. The molecule has 3 aromatic rings. The van der Waals surface area contributed by atoms with Gasteiger partial charge in [-0.1, -0.05) is 12.1 Å². The molecular formula is C22H23N5O3. The van der Waals surface area contributed by atoms with Crippen molar-refractivity contribution in [3.63, 3.8) is 0 Å². The molecule has 0 saturated carbocycles. The van der Waals surface area contributed by atoms with Crippen LogP contribution in [0.15, 0.2) is 48.9 Å². The van der Waals surface area contributed by atoms with Crippen LogP contribution in [0.1, 0.15) is 18.5 Å². The predicted molar refractivity (Wildman–Crippen MR) is 114 cm³/mol. The van der Waals surface area contributed by atoms with Gasteiger partial charge in [-0.15, -0.1) is 0 Å². The summed E-state index contributed by atoms with van der Waals surface area (Å²) in [5.74, 6) is 0.592. The van der Waals surface area contributed by atoms with Gasteiger partial charge < -0.3 is 20.5 Å². The molecule has 1 saturated heterocycles. The summed E-state index contributed by atoms with van der Waals surface area (Å²) in [6.45, 7) is 3.09. The summed E-state index contributed by atoms with van der Waals surface area (Å²) >= 11 is 0. The highest BCUT2D eigenvalue weighted by atomic mass is 16.5. The average Bonchev–Trinajstić information content (AvgIpc) is 2.78. The zero-order valence-corrected chi connectivity index (χ0v) is 16.6. The highest BCUT2D eigenvalue weighted by molar-refractivity contribution is 5.93. The molecule has 3 heterocycles. The van der Waals surface area contributed by atoms with Gasteiger partial charge in [0.15, 0.2) is 0 Å². The van der Waals surface area contributed by atoms with Crippen molar-refractivity contribution in [2.75, 3.05) is 23.8 Å². The Morgan fingerprint density at radius 2 is 1.73 bits per heavy atom. The Bertz CT molecular complexity index is 1020. The maximum Gasteiger partial charge on any atom is 0.227 e. The van der Waals surface area contributed by atoms with Crippen molar-refractivity contribution in [3.05, 3.63) is 54.6 Å². The normalized spacial score (nSPS) is 14.3. The van der Waals surface area contributed by atoms with Gasteiger partial charge in [0.2, 0.25) is 11.9 Å². The number of hydrogen-bond acceptors (Lipinski definition) is 7. The van der Waals surface area contributed by atoms with Crippen LogP contribution in [0.3, 0.4) is 0 Å². The van der Waals surface area contributed by atoms with Crippen molar-refractivity contribution >= 4 is 23.2 Å². The molecule has 2 aromatic heterocycles. The fraction of sp³-hybridized carbons (Fsp3) is 0.273. The third kappa shape index (κ3) is 4.72.